The van der Waals surface area contributed by atoms with Gasteiger partial charge < -0.3 is 9.88 Å². The van der Waals surface area contributed by atoms with Gasteiger partial charge in [0.1, 0.15) is 0 Å². The predicted octanol–water partition coefficient (Wildman–Crippen LogP) is 1.09. The van der Waals surface area contributed by atoms with E-state index in [1.165, 1.54) is 0 Å². The quantitative estimate of drug-likeness (QED) is 0.808. The second kappa shape index (κ2) is 4.54. The Morgan fingerprint density at radius 1 is 1.40 bits per heavy atom. The van der Waals surface area contributed by atoms with Crippen molar-refractivity contribution in [2.75, 3.05) is 11.9 Å². The summed E-state index contributed by atoms with van der Waals surface area (Å²) < 4.78 is 2.00. The van der Waals surface area contributed by atoms with E-state index >= 15 is 0 Å². The number of hydrogen-bond acceptors (Lipinski definition) is 4. The van der Waals surface area contributed by atoms with Crippen LogP contribution < -0.4 is 5.32 Å². The molecule has 0 aliphatic rings. The Hall–Kier alpha value is -1.91. The molecule has 2 aromatic heterocycles. The van der Waals surface area contributed by atoms with Crippen LogP contribution in [0.2, 0.25) is 0 Å². The maximum absolute atomic E-state index is 4.24. The van der Waals surface area contributed by atoms with E-state index in [9.17, 15) is 0 Å². The highest BCUT2D eigenvalue weighted by atomic mass is 15.1. The first kappa shape index (κ1) is 9.64. The molecular weight excluding hydrogens is 190 g/mol. The maximum atomic E-state index is 4.24. The topological polar surface area (TPSA) is 55.6 Å². The van der Waals surface area contributed by atoms with Gasteiger partial charge in [0.2, 0.25) is 5.95 Å². The second-order valence-electron chi connectivity index (χ2n) is 3.25. The second-order valence-corrected chi connectivity index (χ2v) is 3.25. The number of aromatic nitrogens is 4. The van der Waals surface area contributed by atoms with Crippen LogP contribution in [-0.4, -0.2) is 26.1 Å². The molecule has 0 fully saturated rings. The third kappa shape index (κ3) is 2.77. The molecule has 0 spiro atoms. The standard InChI is InChI=1S/C10H13N5/c1-9-2-3-12-10(14-9)13-5-7-15-6-4-11-8-15/h2-4,6,8H,5,7H2,1H3,(H,12,13,14). The molecule has 0 bridgehead atoms. The molecule has 2 heterocycles. The number of nitrogens with one attached hydrogen (secondary N) is 1. The minimum absolute atomic E-state index is 0.676. The summed E-state index contributed by atoms with van der Waals surface area (Å²) in [5.74, 6) is 0.676. The fraction of sp³-hybridized carbons (Fsp3) is 0.300. The minimum atomic E-state index is 0.676. The Bertz CT molecular complexity index is 410. The molecule has 1 N–H and O–H groups in total. The molecular formula is C10H13N5. The van der Waals surface area contributed by atoms with Crippen LogP contribution in [0.25, 0.3) is 0 Å². The van der Waals surface area contributed by atoms with Gasteiger partial charge >= 0.3 is 0 Å². The van der Waals surface area contributed by atoms with E-state index in [2.05, 4.69) is 20.3 Å². The molecule has 0 unspecified atom stereocenters. The van der Waals surface area contributed by atoms with Crippen LogP contribution in [0.3, 0.4) is 0 Å². The van der Waals surface area contributed by atoms with E-state index in [1.807, 2.05) is 23.8 Å². The van der Waals surface area contributed by atoms with Crippen molar-refractivity contribution in [1.82, 2.24) is 19.5 Å². The van der Waals surface area contributed by atoms with Gasteiger partial charge in [0, 0.05) is 37.4 Å². The third-order valence-electron chi connectivity index (χ3n) is 2.01. The zero-order valence-electron chi connectivity index (χ0n) is 8.59. The van der Waals surface area contributed by atoms with Gasteiger partial charge in [-0.3, -0.25) is 0 Å². The van der Waals surface area contributed by atoms with Crippen molar-refractivity contribution in [2.45, 2.75) is 13.5 Å². The smallest absolute Gasteiger partial charge is 0.222 e. The molecule has 5 heteroatoms. The summed E-state index contributed by atoms with van der Waals surface area (Å²) in [6, 6.07) is 1.88. The fourth-order valence-electron chi connectivity index (χ4n) is 1.25. The van der Waals surface area contributed by atoms with Crippen LogP contribution in [0.15, 0.2) is 31.0 Å². The highest BCUT2D eigenvalue weighted by Gasteiger charge is 1.95. The number of imidazole rings is 1. The van der Waals surface area contributed by atoms with Gasteiger partial charge in [0.05, 0.1) is 6.33 Å². The Labute approximate surface area is 88.2 Å². The van der Waals surface area contributed by atoms with E-state index in [1.54, 1.807) is 18.7 Å². The summed E-state index contributed by atoms with van der Waals surface area (Å²) in [5, 5.41) is 3.15. The van der Waals surface area contributed by atoms with Crippen molar-refractivity contribution in [1.29, 1.82) is 0 Å². The molecule has 0 atom stereocenters. The van der Waals surface area contributed by atoms with Crippen molar-refractivity contribution < 1.29 is 0 Å². The van der Waals surface area contributed by atoms with E-state index in [4.69, 9.17) is 0 Å². The molecule has 5 nitrogen and oxygen atoms in total. The lowest BCUT2D eigenvalue weighted by atomic mass is 10.5. The Morgan fingerprint density at radius 3 is 3.07 bits per heavy atom. The van der Waals surface area contributed by atoms with Crippen LogP contribution in [0.1, 0.15) is 5.69 Å². The SMILES string of the molecule is Cc1ccnc(NCCn2ccnc2)n1. The van der Waals surface area contributed by atoms with Crippen molar-refractivity contribution in [3.05, 3.63) is 36.7 Å². The maximum Gasteiger partial charge on any atom is 0.222 e. The summed E-state index contributed by atoms with van der Waals surface area (Å²) in [4.78, 5) is 12.3. The summed E-state index contributed by atoms with van der Waals surface area (Å²) in [7, 11) is 0. The van der Waals surface area contributed by atoms with Crippen molar-refractivity contribution in [3.8, 4) is 0 Å². The van der Waals surface area contributed by atoms with Crippen LogP contribution >= 0.6 is 0 Å². The van der Waals surface area contributed by atoms with Gasteiger partial charge in [-0.15, -0.1) is 0 Å². The average Bonchev–Trinajstić information content (AvgIpc) is 2.71. The van der Waals surface area contributed by atoms with E-state index in [0.717, 1.165) is 18.8 Å². The number of rotatable bonds is 4. The molecule has 2 rings (SSSR count). The van der Waals surface area contributed by atoms with Gasteiger partial charge in [-0.1, -0.05) is 0 Å². The molecule has 0 radical (unpaired) electrons. The first-order valence-electron chi connectivity index (χ1n) is 4.84. The Kier molecular flexibility index (Phi) is 2.92. The highest BCUT2D eigenvalue weighted by molar-refractivity contribution is 5.24. The van der Waals surface area contributed by atoms with Gasteiger partial charge in [-0.05, 0) is 13.0 Å². The van der Waals surface area contributed by atoms with Crippen LogP contribution in [0.4, 0.5) is 5.95 Å². The molecule has 0 aromatic carbocycles. The lowest BCUT2D eigenvalue weighted by Gasteiger charge is -2.05. The Morgan fingerprint density at radius 2 is 2.33 bits per heavy atom. The highest BCUT2D eigenvalue weighted by Crippen LogP contribution is 1.98. The molecule has 0 saturated carbocycles. The molecule has 0 aliphatic carbocycles. The summed E-state index contributed by atoms with van der Waals surface area (Å²) >= 11 is 0. The first-order valence-corrected chi connectivity index (χ1v) is 4.84. The summed E-state index contributed by atoms with van der Waals surface area (Å²) in [6.45, 7) is 3.60. The van der Waals surface area contributed by atoms with E-state index in [-0.39, 0.29) is 0 Å². The lowest BCUT2D eigenvalue weighted by Crippen LogP contribution is -2.11. The van der Waals surface area contributed by atoms with Gasteiger partial charge in [-0.25, -0.2) is 15.0 Å². The largest absolute Gasteiger partial charge is 0.352 e. The van der Waals surface area contributed by atoms with E-state index < -0.39 is 0 Å². The fourth-order valence-corrected chi connectivity index (χ4v) is 1.25. The van der Waals surface area contributed by atoms with Gasteiger partial charge in [0.25, 0.3) is 0 Å². The monoisotopic (exact) mass is 203 g/mol. The number of hydrogen-bond donors (Lipinski definition) is 1. The first-order chi connectivity index (χ1) is 7.34. The molecule has 78 valence electrons. The van der Waals surface area contributed by atoms with Crippen LogP contribution in [-0.2, 0) is 6.54 Å². The number of aryl methyl sites for hydroxylation is 1. The third-order valence-corrected chi connectivity index (χ3v) is 2.01. The zero-order chi connectivity index (χ0) is 10.5. The minimum Gasteiger partial charge on any atom is -0.352 e. The zero-order valence-corrected chi connectivity index (χ0v) is 8.59. The molecule has 0 amide bonds. The normalized spacial score (nSPS) is 10.2. The van der Waals surface area contributed by atoms with Crippen LogP contribution in [0, 0.1) is 6.92 Å². The lowest BCUT2D eigenvalue weighted by molar-refractivity contribution is 0.723. The van der Waals surface area contributed by atoms with Crippen molar-refractivity contribution in [3.63, 3.8) is 0 Å². The summed E-state index contributed by atoms with van der Waals surface area (Å²) in [5.41, 5.74) is 0.968. The van der Waals surface area contributed by atoms with Gasteiger partial charge in [0.15, 0.2) is 0 Å². The predicted molar refractivity (Wildman–Crippen MR) is 57.5 cm³/mol. The van der Waals surface area contributed by atoms with Crippen molar-refractivity contribution in [2.24, 2.45) is 0 Å². The van der Waals surface area contributed by atoms with Gasteiger partial charge in [-0.2, -0.15) is 0 Å². The average molecular weight is 203 g/mol. The number of nitrogens with zero attached hydrogens (tertiary/aromatic N) is 4. The molecule has 2 aromatic rings. The summed E-state index contributed by atoms with van der Waals surface area (Å²) in [6.07, 6.45) is 7.24. The molecule has 0 aliphatic heterocycles. The van der Waals surface area contributed by atoms with E-state index in [0.29, 0.717) is 5.95 Å². The Balaban J connectivity index is 1.83. The number of anilines is 1. The molecule has 0 saturated heterocycles. The van der Waals surface area contributed by atoms with Crippen molar-refractivity contribution >= 4 is 5.95 Å². The molecule has 15 heavy (non-hydrogen) atoms. The van der Waals surface area contributed by atoms with Crippen LogP contribution in [0.5, 0.6) is 0 Å².